The number of amides is 2. The third kappa shape index (κ3) is 4.10. The number of rotatable bonds is 4. The summed E-state index contributed by atoms with van der Waals surface area (Å²) in [6.45, 7) is 3.93. The smallest absolute Gasteiger partial charge is 0.274 e. The van der Waals surface area contributed by atoms with Crippen molar-refractivity contribution in [3.63, 3.8) is 0 Å². The Kier molecular flexibility index (Phi) is 5.61. The third-order valence-electron chi connectivity index (χ3n) is 5.34. The van der Waals surface area contributed by atoms with Gasteiger partial charge in [-0.2, -0.15) is 5.10 Å². The number of piperazine rings is 1. The first-order chi connectivity index (χ1) is 14.5. The average molecular weight is 406 g/mol. The van der Waals surface area contributed by atoms with E-state index in [1.54, 1.807) is 34.2 Å². The number of nitrogens with zero attached hydrogens (tertiary/aromatic N) is 4. The van der Waals surface area contributed by atoms with Gasteiger partial charge in [-0.05, 0) is 48.4 Å². The fourth-order valence-corrected chi connectivity index (χ4v) is 3.54. The van der Waals surface area contributed by atoms with Gasteiger partial charge in [0.05, 0.1) is 5.69 Å². The number of carbonyl (C=O) groups excluding carboxylic acids is 2. The van der Waals surface area contributed by atoms with Gasteiger partial charge in [-0.15, -0.1) is 0 Å². The Morgan fingerprint density at radius 2 is 1.60 bits per heavy atom. The number of carbonyl (C=O) groups is 2. The van der Waals surface area contributed by atoms with Gasteiger partial charge < -0.3 is 9.80 Å². The summed E-state index contributed by atoms with van der Waals surface area (Å²) in [6, 6.07) is 15.3. The highest BCUT2D eigenvalue weighted by atomic mass is 19.1. The summed E-state index contributed by atoms with van der Waals surface area (Å²) in [7, 11) is 0. The lowest BCUT2D eigenvalue weighted by Crippen LogP contribution is -2.50. The molecule has 0 bridgehead atoms. The molecule has 0 unspecified atom stereocenters. The molecule has 6 nitrogen and oxygen atoms in total. The molecule has 0 saturated carbocycles. The minimum Gasteiger partial charge on any atom is -0.335 e. The van der Waals surface area contributed by atoms with Crippen molar-refractivity contribution in [2.45, 2.75) is 13.3 Å². The Hall–Kier alpha value is -3.48. The first-order valence-electron chi connectivity index (χ1n) is 10.0. The van der Waals surface area contributed by atoms with E-state index in [9.17, 15) is 14.0 Å². The maximum absolute atomic E-state index is 13.4. The van der Waals surface area contributed by atoms with Crippen molar-refractivity contribution in [2.24, 2.45) is 0 Å². The van der Waals surface area contributed by atoms with E-state index in [0.29, 0.717) is 43.1 Å². The fourth-order valence-electron chi connectivity index (χ4n) is 3.54. The molecule has 1 saturated heterocycles. The number of aromatic nitrogens is 2. The van der Waals surface area contributed by atoms with Gasteiger partial charge in [0.1, 0.15) is 5.82 Å². The molecular formula is C23H23FN4O2. The summed E-state index contributed by atoms with van der Waals surface area (Å²) in [5.41, 5.74) is 2.72. The Morgan fingerprint density at radius 3 is 2.23 bits per heavy atom. The minimum atomic E-state index is -0.360. The number of hydrogen-bond acceptors (Lipinski definition) is 3. The monoisotopic (exact) mass is 406 g/mol. The SMILES string of the molecule is CCc1ccc(C(=O)N2CCN(C(=O)c3ccn(-c4cccc(F)c4)n3)CC2)cc1. The Bertz CT molecular complexity index is 1050. The lowest BCUT2D eigenvalue weighted by Gasteiger charge is -2.34. The van der Waals surface area contributed by atoms with Crippen LogP contribution in [0.25, 0.3) is 5.69 Å². The summed E-state index contributed by atoms with van der Waals surface area (Å²) in [4.78, 5) is 29.0. The third-order valence-corrected chi connectivity index (χ3v) is 5.34. The van der Waals surface area contributed by atoms with E-state index in [2.05, 4.69) is 12.0 Å². The summed E-state index contributed by atoms with van der Waals surface area (Å²) < 4.78 is 14.9. The van der Waals surface area contributed by atoms with Crippen molar-refractivity contribution in [1.82, 2.24) is 19.6 Å². The highest BCUT2D eigenvalue weighted by molar-refractivity contribution is 5.95. The van der Waals surface area contributed by atoms with E-state index in [1.807, 2.05) is 24.3 Å². The van der Waals surface area contributed by atoms with Gasteiger partial charge in [0.25, 0.3) is 11.8 Å². The molecular weight excluding hydrogens is 383 g/mol. The number of hydrogen-bond donors (Lipinski definition) is 0. The van der Waals surface area contributed by atoms with Crippen LogP contribution in [-0.2, 0) is 6.42 Å². The zero-order chi connectivity index (χ0) is 21.1. The molecule has 30 heavy (non-hydrogen) atoms. The second kappa shape index (κ2) is 8.49. The maximum Gasteiger partial charge on any atom is 0.274 e. The molecule has 0 spiro atoms. The van der Waals surface area contributed by atoms with E-state index in [1.165, 1.54) is 22.4 Å². The zero-order valence-electron chi connectivity index (χ0n) is 16.8. The van der Waals surface area contributed by atoms with Gasteiger partial charge in [-0.25, -0.2) is 9.07 Å². The lowest BCUT2D eigenvalue weighted by molar-refractivity contribution is 0.0532. The topological polar surface area (TPSA) is 58.4 Å². The molecule has 0 aliphatic carbocycles. The van der Waals surface area contributed by atoms with Crippen LogP contribution >= 0.6 is 0 Å². The van der Waals surface area contributed by atoms with Crippen LogP contribution in [0.1, 0.15) is 33.3 Å². The first-order valence-corrected chi connectivity index (χ1v) is 10.0. The van der Waals surface area contributed by atoms with Crippen LogP contribution in [0.4, 0.5) is 4.39 Å². The van der Waals surface area contributed by atoms with Gasteiger partial charge in [-0.1, -0.05) is 25.1 Å². The normalized spacial score (nSPS) is 14.1. The van der Waals surface area contributed by atoms with Crippen molar-refractivity contribution in [2.75, 3.05) is 26.2 Å². The van der Waals surface area contributed by atoms with E-state index in [0.717, 1.165) is 6.42 Å². The molecule has 3 aromatic rings. The van der Waals surface area contributed by atoms with Crippen molar-refractivity contribution < 1.29 is 14.0 Å². The molecule has 1 aliphatic rings. The van der Waals surface area contributed by atoms with Crippen LogP contribution in [0.3, 0.4) is 0 Å². The van der Waals surface area contributed by atoms with Crippen LogP contribution in [0.5, 0.6) is 0 Å². The molecule has 7 heteroatoms. The molecule has 2 amide bonds. The standard InChI is InChI=1S/C23H23FN4O2/c1-2-17-6-8-18(9-7-17)22(29)26-12-14-27(15-13-26)23(30)21-10-11-28(25-21)20-5-3-4-19(24)16-20/h3-11,16H,2,12-15H2,1H3. The molecule has 0 atom stereocenters. The summed E-state index contributed by atoms with van der Waals surface area (Å²) in [5, 5.41) is 4.29. The molecule has 1 aromatic heterocycles. The molecule has 2 heterocycles. The van der Waals surface area contributed by atoms with Gasteiger partial charge >= 0.3 is 0 Å². The molecule has 154 valence electrons. The first kappa shape index (κ1) is 19.8. The molecule has 0 radical (unpaired) electrons. The van der Waals surface area contributed by atoms with E-state index < -0.39 is 0 Å². The highest BCUT2D eigenvalue weighted by Crippen LogP contribution is 2.14. The van der Waals surface area contributed by atoms with Crippen molar-refractivity contribution in [1.29, 1.82) is 0 Å². The molecule has 0 N–H and O–H groups in total. The van der Waals surface area contributed by atoms with Gasteiger partial charge in [0.2, 0.25) is 0 Å². The van der Waals surface area contributed by atoms with Crippen LogP contribution < -0.4 is 0 Å². The van der Waals surface area contributed by atoms with E-state index >= 15 is 0 Å². The van der Waals surface area contributed by atoms with Crippen LogP contribution in [0, 0.1) is 5.82 Å². The van der Waals surface area contributed by atoms with Crippen molar-refractivity contribution >= 4 is 11.8 Å². The quantitative estimate of drug-likeness (QED) is 0.669. The van der Waals surface area contributed by atoms with Crippen molar-refractivity contribution in [3.05, 3.63) is 83.4 Å². The van der Waals surface area contributed by atoms with Crippen molar-refractivity contribution in [3.8, 4) is 5.69 Å². The van der Waals surface area contributed by atoms with Crippen LogP contribution in [0.15, 0.2) is 60.8 Å². The Morgan fingerprint density at radius 1 is 0.933 bits per heavy atom. The molecule has 1 aliphatic heterocycles. The summed E-state index contributed by atoms with van der Waals surface area (Å²) >= 11 is 0. The average Bonchev–Trinajstić information content (AvgIpc) is 3.29. The molecule has 4 rings (SSSR count). The molecule has 1 fully saturated rings. The highest BCUT2D eigenvalue weighted by Gasteiger charge is 2.26. The second-order valence-corrected chi connectivity index (χ2v) is 7.26. The van der Waals surface area contributed by atoms with Crippen LogP contribution in [0.2, 0.25) is 0 Å². The Balaban J connectivity index is 1.38. The van der Waals surface area contributed by atoms with Gasteiger partial charge in [0, 0.05) is 37.9 Å². The van der Waals surface area contributed by atoms with E-state index in [4.69, 9.17) is 0 Å². The summed E-state index contributed by atoms with van der Waals surface area (Å²) in [6.07, 6.45) is 2.58. The predicted octanol–water partition coefficient (Wildman–Crippen LogP) is 3.17. The predicted molar refractivity (Wildman–Crippen MR) is 111 cm³/mol. The largest absolute Gasteiger partial charge is 0.335 e. The van der Waals surface area contributed by atoms with Crippen LogP contribution in [-0.4, -0.2) is 57.6 Å². The van der Waals surface area contributed by atoms with Gasteiger partial charge in [0.15, 0.2) is 5.69 Å². The van der Waals surface area contributed by atoms with Gasteiger partial charge in [-0.3, -0.25) is 9.59 Å². The summed E-state index contributed by atoms with van der Waals surface area (Å²) in [5.74, 6) is -0.564. The molecule has 2 aromatic carbocycles. The number of aryl methyl sites for hydroxylation is 1. The number of benzene rings is 2. The zero-order valence-corrected chi connectivity index (χ0v) is 16.8. The second-order valence-electron chi connectivity index (χ2n) is 7.26. The lowest BCUT2D eigenvalue weighted by atomic mass is 10.1. The maximum atomic E-state index is 13.4. The number of halogens is 1. The Labute approximate surface area is 174 Å². The van der Waals surface area contributed by atoms with E-state index in [-0.39, 0.29) is 17.6 Å². The minimum absolute atomic E-state index is 0.0138. The fraction of sp³-hybridized carbons (Fsp3) is 0.261.